The summed E-state index contributed by atoms with van der Waals surface area (Å²) in [4.78, 5) is 9.64. The number of benzene rings is 13. The summed E-state index contributed by atoms with van der Waals surface area (Å²) >= 11 is 0. The minimum Gasteiger partial charge on any atom is -0.310 e. The fourth-order valence-corrected chi connectivity index (χ4v) is 14.1. The quantitative estimate of drug-likeness (QED) is 0.114. The van der Waals surface area contributed by atoms with Crippen LogP contribution in [0.4, 0.5) is 68.2 Å². The van der Waals surface area contributed by atoms with Crippen LogP contribution in [0.3, 0.4) is 0 Å². The molecule has 0 N–H and O–H groups in total. The van der Waals surface area contributed by atoms with Crippen molar-refractivity contribution in [3.63, 3.8) is 0 Å². The van der Waals surface area contributed by atoms with Gasteiger partial charge in [-0.05, 0) is 276 Å². The van der Waals surface area contributed by atoms with E-state index in [9.17, 15) is 0 Å². The fraction of sp³-hybridized carbons (Fsp3) is 0.245. The summed E-state index contributed by atoms with van der Waals surface area (Å²) in [7, 11) is 0. The van der Waals surface area contributed by atoms with E-state index in [4.69, 9.17) is 0 Å². The van der Waals surface area contributed by atoms with Gasteiger partial charge in [0.15, 0.2) is 0 Å². The maximum Gasteiger partial charge on any atom is 0.0520 e. The van der Waals surface area contributed by atoms with E-state index in [-0.39, 0.29) is 21.7 Å². The monoisotopic (exact) mass is 1340 g/mol. The lowest BCUT2D eigenvalue weighted by Crippen LogP contribution is -2.16. The van der Waals surface area contributed by atoms with E-state index in [1.165, 1.54) is 111 Å². The van der Waals surface area contributed by atoms with Crippen LogP contribution in [-0.4, -0.2) is 0 Å². The Bertz CT molecular complexity index is 4910. The van der Waals surface area contributed by atoms with Crippen molar-refractivity contribution in [3.05, 3.63) is 334 Å². The summed E-state index contributed by atoms with van der Waals surface area (Å²) in [5.41, 5.74) is 32.1. The zero-order valence-electron chi connectivity index (χ0n) is 64.2. The Morgan fingerprint density at radius 1 is 0.206 bits per heavy atom. The van der Waals surface area contributed by atoms with Crippen LogP contribution in [0, 0.1) is 55.4 Å². The van der Waals surface area contributed by atoms with Gasteiger partial charge in [0.25, 0.3) is 0 Å². The van der Waals surface area contributed by atoms with E-state index < -0.39 is 0 Å². The van der Waals surface area contributed by atoms with Crippen LogP contribution in [-0.2, 0) is 21.7 Å². The Hall–Kier alpha value is -10.4. The van der Waals surface area contributed by atoms with Crippen LogP contribution in [0.5, 0.6) is 0 Å². The molecule has 0 atom stereocenters. The first-order valence-corrected chi connectivity index (χ1v) is 36.5. The summed E-state index contributed by atoms with van der Waals surface area (Å²) in [6.07, 6.45) is 0. The third-order valence-corrected chi connectivity index (χ3v) is 20.2. The van der Waals surface area contributed by atoms with Crippen molar-refractivity contribution in [2.45, 2.75) is 160 Å². The Labute approximate surface area is 610 Å². The van der Waals surface area contributed by atoms with Crippen LogP contribution in [0.25, 0.3) is 32.7 Å². The van der Waals surface area contributed by atoms with Crippen LogP contribution in [0.15, 0.2) is 267 Å². The minimum absolute atomic E-state index is 0.0788. The topological polar surface area (TPSA) is 13.0 Å². The van der Waals surface area contributed by atoms with Crippen molar-refractivity contribution in [3.8, 4) is 11.1 Å². The number of nitrogens with zero attached hydrogens (tertiary/aromatic N) is 4. The van der Waals surface area contributed by atoms with Gasteiger partial charge in [-0.3, -0.25) is 0 Å². The third kappa shape index (κ3) is 15.6. The van der Waals surface area contributed by atoms with Gasteiger partial charge in [-0.15, -0.1) is 0 Å². The van der Waals surface area contributed by atoms with Crippen molar-refractivity contribution in [2.75, 3.05) is 19.6 Å². The second-order valence-corrected chi connectivity index (χ2v) is 32.7. The van der Waals surface area contributed by atoms with Crippen molar-refractivity contribution in [1.82, 2.24) is 0 Å². The van der Waals surface area contributed by atoms with Crippen LogP contribution in [0.1, 0.15) is 150 Å². The zero-order chi connectivity index (χ0) is 72.7. The van der Waals surface area contributed by atoms with Gasteiger partial charge < -0.3 is 19.6 Å². The maximum atomic E-state index is 2.44. The van der Waals surface area contributed by atoms with Crippen molar-refractivity contribution in [1.29, 1.82) is 0 Å². The maximum absolute atomic E-state index is 2.44. The molecular formula is C98H104N4. The van der Waals surface area contributed by atoms with E-state index in [2.05, 4.69) is 425 Å². The van der Waals surface area contributed by atoms with Gasteiger partial charge in [-0.2, -0.15) is 0 Å². The van der Waals surface area contributed by atoms with E-state index in [0.717, 1.165) is 56.9 Å². The summed E-state index contributed by atoms with van der Waals surface area (Å²) in [5.74, 6) is 0. The van der Waals surface area contributed by atoms with Gasteiger partial charge in [-0.25, -0.2) is 0 Å². The standard InChI is InChI=1S/C50H50N2.C48H54N2/c1-35-14-23-41(24-15-35)51(43-28-19-39(20-29-43)49(3,4)5)45-27-18-38-32-46(34-47(48(38)33-45)37-12-10-9-11-13-37)52(42-25-16-36(2)17-26-42)44-30-21-40(22-31-44)50(6,7)8;1-31-13-19-41(20-14-31)49(45-33(3)25-39(26-34(45)4)47(7,8)9)43-23-17-38-30-44(24-18-37(38)29-43)50(42-21-15-32(2)16-22-42)46-35(5)27-40(28-36(46)6)48(10,11)12/h9-34H,1-8H3;13-30H,1-12H3. The van der Waals surface area contributed by atoms with Crippen LogP contribution >= 0.6 is 0 Å². The number of aryl methyl sites for hydroxylation is 8. The number of hydrogen-bond acceptors (Lipinski definition) is 4. The van der Waals surface area contributed by atoms with Gasteiger partial charge in [0.05, 0.1) is 11.4 Å². The molecule has 13 aromatic carbocycles. The smallest absolute Gasteiger partial charge is 0.0520 e. The van der Waals surface area contributed by atoms with Gasteiger partial charge >= 0.3 is 0 Å². The molecule has 0 aliphatic rings. The molecule has 0 aromatic heterocycles. The van der Waals surface area contributed by atoms with Crippen molar-refractivity contribution in [2.24, 2.45) is 0 Å². The average molecular weight is 1340 g/mol. The van der Waals surface area contributed by atoms with Crippen LogP contribution < -0.4 is 19.6 Å². The predicted molar refractivity (Wildman–Crippen MR) is 445 cm³/mol. The summed E-state index contributed by atoms with van der Waals surface area (Å²) in [6, 6.07) is 99.4. The SMILES string of the molecule is Cc1ccc(N(c2ccc(C(C)(C)C)cc2)c2cc(-c3ccccc3)c3cc(N(c4ccc(C)cc4)c4ccc(C(C)(C)C)cc4)ccc3c2)cc1.Cc1ccc(N(c2ccc3cc(N(c4ccc(C)cc4)c4c(C)cc(C(C)(C)C)cc4C)ccc3c2)c2c(C)cc(C(C)(C)C)cc2C)cc1. The molecule has 0 radical (unpaired) electrons. The molecule has 0 bridgehead atoms. The summed E-state index contributed by atoms with van der Waals surface area (Å²) < 4.78 is 0. The molecular weight excluding hydrogens is 1230 g/mol. The van der Waals surface area contributed by atoms with Gasteiger partial charge in [0, 0.05) is 56.9 Å². The number of hydrogen-bond donors (Lipinski definition) is 0. The first-order chi connectivity index (χ1) is 48.4. The molecule has 102 heavy (non-hydrogen) atoms. The Balaban J connectivity index is 0.000000193. The van der Waals surface area contributed by atoms with E-state index >= 15 is 0 Å². The third-order valence-electron chi connectivity index (χ3n) is 20.2. The molecule has 0 aliphatic heterocycles. The minimum atomic E-state index is 0.0788. The molecule has 4 heteroatoms. The summed E-state index contributed by atoms with van der Waals surface area (Å²) in [5, 5.41) is 4.83. The largest absolute Gasteiger partial charge is 0.310 e. The normalized spacial score (nSPS) is 11.9. The lowest BCUT2D eigenvalue weighted by atomic mass is 9.84. The van der Waals surface area contributed by atoms with Gasteiger partial charge in [0.1, 0.15) is 0 Å². The van der Waals surface area contributed by atoms with Crippen molar-refractivity contribution < 1.29 is 0 Å². The first kappa shape index (κ1) is 71.4. The number of rotatable bonds is 13. The molecule has 0 spiro atoms. The van der Waals surface area contributed by atoms with Gasteiger partial charge in [-0.1, -0.05) is 251 Å². The van der Waals surface area contributed by atoms with E-state index in [1.807, 2.05) is 0 Å². The molecule has 0 unspecified atom stereocenters. The summed E-state index contributed by atoms with van der Waals surface area (Å²) in [6.45, 7) is 45.0. The molecule has 13 aromatic rings. The average Bonchev–Trinajstić information content (AvgIpc) is 0.766. The highest BCUT2D eigenvalue weighted by atomic mass is 15.2. The Morgan fingerprint density at radius 3 is 0.794 bits per heavy atom. The molecule has 516 valence electrons. The Kier molecular flexibility index (Phi) is 20.0. The lowest BCUT2D eigenvalue weighted by Gasteiger charge is -2.32. The molecule has 0 aliphatic carbocycles. The van der Waals surface area contributed by atoms with E-state index in [1.54, 1.807) is 0 Å². The molecule has 13 rings (SSSR count). The van der Waals surface area contributed by atoms with Gasteiger partial charge in [0.2, 0.25) is 0 Å². The van der Waals surface area contributed by atoms with E-state index in [0.29, 0.717) is 0 Å². The number of fused-ring (bicyclic) bond motifs is 2. The second kappa shape index (κ2) is 28.5. The Morgan fingerprint density at radius 2 is 0.471 bits per heavy atom. The lowest BCUT2D eigenvalue weighted by molar-refractivity contribution is 0.589. The zero-order valence-corrected chi connectivity index (χ0v) is 64.2. The number of anilines is 12. The van der Waals surface area contributed by atoms with Crippen LogP contribution in [0.2, 0.25) is 0 Å². The second-order valence-electron chi connectivity index (χ2n) is 32.7. The molecule has 0 amide bonds. The fourth-order valence-electron chi connectivity index (χ4n) is 14.1. The first-order valence-electron chi connectivity index (χ1n) is 36.5. The molecule has 4 nitrogen and oxygen atoms in total. The highest BCUT2D eigenvalue weighted by Gasteiger charge is 2.27. The molecule has 0 saturated carbocycles. The van der Waals surface area contributed by atoms with Crippen molar-refractivity contribution >= 4 is 89.8 Å². The highest BCUT2D eigenvalue weighted by molar-refractivity contribution is 6.03. The molecule has 0 heterocycles. The highest BCUT2D eigenvalue weighted by Crippen LogP contribution is 2.48. The molecule has 0 fully saturated rings. The molecule has 0 saturated heterocycles. The predicted octanol–water partition coefficient (Wildman–Crippen LogP) is 28.9.